The van der Waals surface area contributed by atoms with E-state index in [1.807, 2.05) is 31.2 Å². The highest BCUT2D eigenvalue weighted by Crippen LogP contribution is 2.25. The Labute approximate surface area is 107 Å². The van der Waals surface area contributed by atoms with Crippen LogP contribution in [0, 0.1) is 12.8 Å². The number of benzene rings is 1. The minimum absolute atomic E-state index is 0.0976. The number of nitrogens with one attached hydrogen (secondary N) is 2. The van der Waals surface area contributed by atoms with E-state index in [0.717, 1.165) is 30.5 Å². The number of hydrogen-bond acceptors (Lipinski definition) is 2. The van der Waals surface area contributed by atoms with Crippen molar-refractivity contribution in [2.45, 2.75) is 32.2 Å². The Bertz CT molecular complexity index is 403. The highest BCUT2D eigenvalue weighted by atomic mass is 16.3. The molecule has 1 aromatic carbocycles. The van der Waals surface area contributed by atoms with Gasteiger partial charge in [-0.15, -0.1) is 0 Å². The first kappa shape index (κ1) is 12.9. The lowest BCUT2D eigenvalue weighted by atomic mass is 10.1. The fourth-order valence-electron chi connectivity index (χ4n) is 2.42. The molecule has 0 radical (unpaired) electrons. The summed E-state index contributed by atoms with van der Waals surface area (Å²) in [7, 11) is 0. The van der Waals surface area contributed by atoms with E-state index in [2.05, 4.69) is 10.6 Å². The molecule has 1 saturated carbocycles. The van der Waals surface area contributed by atoms with Gasteiger partial charge in [-0.3, -0.25) is 0 Å². The molecule has 0 spiro atoms. The Balaban J connectivity index is 1.86. The van der Waals surface area contributed by atoms with Gasteiger partial charge in [0.2, 0.25) is 0 Å². The van der Waals surface area contributed by atoms with E-state index in [4.69, 9.17) is 0 Å². The van der Waals surface area contributed by atoms with Crippen LogP contribution in [0.3, 0.4) is 0 Å². The van der Waals surface area contributed by atoms with Crippen molar-refractivity contribution in [1.29, 1.82) is 0 Å². The minimum Gasteiger partial charge on any atom is -0.396 e. The molecule has 3 N–H and O–H groups in total. The predicted octanol–water partition coefficient (Wildman–Crippen LogP) is 2.28. The minimum atomic E-state index is -0.191. The maximum Gasteiger partial charge on any atom is 0.319 e. The van der Waals surface area contributed by atoms with Crippen molar-refractivity contribution in [3.05, 3.63) is 29.8 Å². The second kappa shape index (κ2) is 5.87. The molecule has 0 aliphatic heterocycles. The SMILES string of the molecule is Cc1ccc(NC(=O)NC2CCCC2CO)cc1. The number of anilines is 1. The summed E-state index contributed by atoms with van der Waals surface area (Å²) in [4.78, 5) is 11.8. The van der Waals surface area contributed by atoms with Crippen molar-refractivity contribution in [3.8, 4) is 0 Å². The van der Waals surface area contributed by atoms with Crippen molar-refractivity contribution < 1.29 is 9.90 Å². The Hall–Kier alpha value is -1.55. The summed E-state index contributed by atoms with van der Waals surface area (Å²) in [5, 5.41) is 14.9. The lowest BCUT2D eigenvalue weighted by molar-refractivity contribution is 0.203. The largest absolute Gasteiger partial charge is 0.396 e. The van der Waals surface area contributed by atoms with Gasteiger partial charge < -0.3 is 15.7 Å². The van der Waals surface area contributed by atoms with Gasteiger partial charge in [0.1, 0.15) is 0 Å². The van der Waals surface area contributed by atoms with Gasteiger partial charge in [0, 0.05) is 24.3 Å². The summed E-state index contributed by atoms with van der Waals surface area (Å²) in [6.45, 7) is 2.16. The van der Waals surface area contributed by atoms with Gasteiger partial charge in [0.05, 0.1) is 0 Å². The van der Waals surface area contributed by atoms with Crippen LogP contribution >= 0.6 is 0 Å². The molecular weight excluding hydrogens is 228 g/mol. The smallest absolute Gasteiger partial charge is 0.319 e. The van der Waals surface area contributed by atoms with E-state index < -0.39 is 0 Å². The van der Waals surface area contributed by atoms with Gasteiger partial charge in [-0.25, -0.2) is 4.79 Å². The summed E-state index contributed by atoms with van der Waals surface area (Å²) in [5.74, 6) is 0.203. The van der Waals surface area contributed by atoms with Crippen LogP contribution in [0.2, 0.25) is 0 Å². The molecule has 2 rings (SSSR count). The predicted molar refractivity (Wildman–Crippen MR) is 71.5 cm³/mol. The lowest BCUT2D eigenvalue weighted by Crippen LogP contribution is -2.41. The van der Waals surface area contributed by atoms with Gasteiger partial charge in [-0.2, -0.15) is 0 Å². The fourth-order valence-corrected chi connectivity index (χ4v) is 2.42. The van der Waals surface area contributed by atoms with Gasteiger partial charge in [-0.05, 0) is 31.9 Å². The van der Waals surface area contributed by atoms with Crippen LogP contribution in [-0.4, -0.2) is 23.8 Å². The van der Waals surface area contributed by atoms with E-state index in [1.54, 1.807) is 0 Å². The molecule has 2 atom stereocenters. The molecule has 0 aromatic heterocycles. The second-order valence-electron chi connectivity index (χ2n) is 4.94. The highest BCUT2D eigenvalue weighted by Gasteiger charge is 2.27. The number of hydrogen-bond donors (Lipinski definition) is 3. The molecule has 2 amide bonds. The zero-order valence-corrected chi connectivity index (χ0v) is 10.6. The normalized spacial score (nSPS) is 22.8. The third kappa shape index (κ3) is 3.23. The van der Waals surface area contributed by atoms with Gasteiger partial charge in [0.15, 0.2) is 0 Å². The van der Waals surface area contributed by atoms with Crippen LogP contribution in [0.4, 0.5) is 10.5 Å². The lowest BCUT2D eigenvalue weighted by Gasteiger charge is -2.19. The van der Waals surface area contributed by atoms with Crippen LogP contribution in [-0.2, 0) is 0 Å². The van der Waals surface area contributed by atoms with Crippen molar-refractivity contribution in [2.75, 3.05) is 11.9 Å². The van der Waals surface area contributed by atoms with Crippen LogP contribution in [0.1, 0.15) is 24.8 Å². The van der Waals surface area contributed by atoms with E-state index in [1.165, 1.54) is 0 Å². The molecule has 18 heavy (non-hydrogen) atoms. The summed E-state index contributed by atoms with van der Waals surface area (Å²) in [6.07, 6.45) is 3.01. The third-order valence-corrected chi connectivity index (χ3v) is 3.52. The van der Waals surface area contributed by atoms with E-state index in [0.29, 0.717) is 0 Å². The van der Waals surface area contributed by atoms with E-state index in [9.17, 15) is 9.90 Å². The van der Waals surface area contributed by atoms with Gasteiger partial charge in [-0.1, -0.05) is 24.1 Å². The maximum absolute atomic E-state index is 11.8. The van der Waals surface area contributed by atoms with Crippen LogP contribution in [0.5, 0.6) is 0 Å². The Kier molecular flexibility index (Phi) is 4.20. The average molecular weight is 248 g/mol. The molecule has 0 bridgehead atoms. The maximum atomic E-state index is 11.8. The first-order valence-electron chi connectivity index (χ1n) is 6.44. The standard InChI is InChI=1S/C14H20N2O2/c1-10-5-7-12(8-6-10)15-14(18)16-13-4-2-3-11(13)9-17/h5-8,11,13,17H,2-4,9H2,1H3,(H2,15,16,18). The molecule has 4 nitrogen and oxygen atoms in total. The Morgan fingerprint density at radius 3 is 2.72 bits per heavy atom. The van der Waals surface area contributed by atoms with Crippen LogP contribution in [0.15, 0.2) is 24.3 Å². The number of amides is 2. The number of aliphatic hydroxyl groups is 1. The molecule has 0 saturated heterocycles. The molecule has 1 aliphatic carbocycles. The number of urea groups is 1. The monoisotopic (exact) mass is 248 g/mol. The number of carbonyl (C=O) groups excluding carboxylic acids is 1. The van der Waals surface area contributed by atoms with Crippen molar-refractivity contribution in [1.82, 2.24) is 5.32 Å². The topological polar surface area (TPSA) is 61.4 Å². The summed E-state index contributed by atoms with van der Waals surface area (Å²) < 4.78 is 0. The zero-order valence-electron chi connectivity index (χ0n) is 10.6. The van der Waals surface area contributed by atoms with Crippen molar-refractivity contribution >= 4 is 11.7 Å². The number of aryl methyl sites for hydroxylation is 1. The number of carbonyl (C=O) groups is 1. The molecular formula is C14H20N2O2. The summed E-state index contributed by atoms with van der Waals surface area (Å²) in [5.41, 5.74) is 1.95. The molecule has 1 fully saturated rings. The molecule has 98 valence electrons. The molecule has 2 unspecified atom stereocenters. The quantitative estimate of drug-likeness (QED) is 0.768. The van der Waals surface area contributed by atoms with E-state index >= 15 is 0 Å². The fraction of sp³-hybridized carbons (Fsp3) is 0.500. The zero-order chi connectivity index (χ0) is 13.0. The number of aliphatic hydroxyl groups excluding tert-OH is 1. The average Bonchev–Trinajstić information content (AvgIpc) is 2.79. The van der Waals surface area contributed by atoms with Crippen LogP contribution < -0.4 is 10.6 Å². The van der Waals surface area contributed by atoms with E-state index in [-0.39, 0.29) is 24.6 Å². The summed E-state index contributed by atoms with van der Waals surface area (Å²) in [6, 6.07) is 7.59. The third-order valence-electron chi connectivity index (χ3n) is 3.52. The van der Waals surface area contributed by atoms with Crippen molar-refractivity contribution in [3.63, 3.8) is 0 Å². The number of rotatable bonds is 3. The molecule has 4 heteroatoms. The second-order valence-corrected chi connectivity index (χ2v) is 4.94. The van der Waals surface area contributed by atoms with Crippen molar-refractivity contribution in [2.24, 2.45) is 5.92 Å². The first-order chi connectivity index (χ1) is 8.69. The molecule has 0 heterocycles. The molecule has 1 aromatic rings. The Morgan fingerprint density at radius 1 is 1.33 bits per heavy atom. The van der Waals surface area contributed by atoms with Gasteiger partial charge in [0.25, 0.3) is 0 Å². The summed E-state index contributed by atoms with van der Waals surface area (Å²) >= 11 is 0. The highest BCUT2D eigenvalue weighted by molar-refractivity contribution is 5.89. The van der Waals surface area contributed by atoms with Gasteiger partial charge >= 0.3 is 6.03 Å². The first-order valence-corrected chi connectivity index (χ1v) is 6.44. The Morgan fingerprint density at radius 2 is 2.06 bits per heavy atom. The molecule has 1 aliphatic rings. The van der Waals surface area contributed by atoms with Crippen LogP contribution in [0.25, 0.3) is 0 Å².